The molecule has 0 unspecified atom stereocenters. The lowest BCUT2D eigenvalue weighted by Gasteiger charge is -2.09. The number of nitrogens with zero attached hydrogens (tertiary/aromatic N) is 3. The van der Waals surface area contributed by atoms with Gasteiger partial charge in [-0.3, -0.25) is 4.79 Å². The van der Waals surface area contributed by atoms with Gasteiger partial charge in [-0.25, -0.2) is 4.68 Å². The number of hydrogen-bond donors (Lipinski definition) is 1. The van der Waals surface area contributed by atoms with Gasteiger partial charge < -0.3 is 10.1 Å². The summed E-state index contributed by atoms with van der Waals surface area (Å²) >= 11 is 0. The molecule has 134 valence electrons. The van der Waals surface area contributed by atoms with E-state index in [1.165, 1.54) is 0 Å². The minimum Gasteiger partial charge on any atom is -0.493 e. The summed E-state index contributed by atoms with van der Waals surface area (Å²) in [6, 6.07) is 13.5. The number of carbonyl (C=O) groups is 1. The van der Waals surface area contributed by atoms with Crippen LogP contribution in [0.15, 0.2) is 48.7 Å². The van der Waals surface area contributed by atoms with Crippen LogP contribution in [0, 0.1) is 20.8 Å². The van der Waals surface area contributed by atoms with Crippen LogP contribution in [-0.2, 0) is 4.79 Å². The molecule has 1 aromatic heterocycles. The Morgan fingerprint density at radius 2 is 1.77 bits per heavy atom. The molecule has 1 amide bonds. The van der Waals surface area contributed by atoms with Crippen LogP contribution < -0.4 is 10.1 Å². The summed E-state index contributed by atoms with van der Waals surface area (Å²) in [5, 5.41) is 10.8. The van der Waals surface area contributed by atoms with E-state index in [2.05, 4.69) is 21.7 Å². The van der Waals surface area contributed by atoms with Gasteiger partial charge in [-0.2, -0.15) is 0 Å². The van der Waals surface area contributed by atoms with E-state index in [0.717, 1.165) is 33.9 Å². The minimum atomic E-state index is -0.0842. The summed E-state index contributed by atoms with van der Waals surface area (Å²) in [4.78, 5) is 12.1. The van der Waals surface area contributed by atoms with Gasteiger partial charge in [-0.15, -0.1) is 5.10 Å². The van der Waals surface area contributed by atoms with Crippen molar-refractivity contribution in [2.45, 2.75) is 27.2 Å². The van der Waals surface area contributed by atoms with Crippen molar-refractivity contribution < 1.29 is 9.53 Å². The molecular formula is C20H22N4O2. The van der Waals surface area contributed by atoms with Crippen molar-refractivity contribution in [1.29, 1.82) is 0 Å². The lowest BCUT2D eigenvalue weighted by molar-refractivity contribution is -0.116. The maximum Gasteiger partial charge on any atom is 0.227 e. The number of benzene rings is 2. The summed E-state index contributed by atoms with van der Waals surface area (Å²) in [7, 11) is 0. The van der Waals surface area contributed by atoms with E-state index in [0.29, 0.717) is 6.61 Å². The number of rotatable bonds is 6. The standard InChI is InChI=1S/C20H22N4O2/c1-14-10-15(2)12-19(11-14)26-9-8-20(25)22-17-4-6-18(7-5-17)24-16(3)13-21-23-24/h4-7,10-13H,8-9H2,1-3H3,(H,22,25). The zero-order valence-corrected chi connectivity index (χ0v) is 15.2. The first kappa shape index (κ1) is 17.7. The fourth-order valence-electron chi connectivity index (χ4n) is 2.73. The number of carbonyl (C=O) groups excluding carboxylic acids is 1. The molecule has 0 radical (unpaired) electrons. The fourth-order valence-corrected chi connectivity index (χ4v) is 2.73. The highest BCUT2D eigenvalue weighted by atomic mass is 16.5. The summed E-state index contributed by atoms with van der Waals surface area (Å²) in [6.45, 7) is 6.32. The largest absolute Gasteiger partial charge is 0.493 e. The Morgan fingerprint density at radius 3 is 2.38 bits per heavy atom. The number of aryl methyl sites for hydroxylation is 3. The average molecular weight is 350 g/mol. The molecule has 0 aliphatic heterocycles. The molecule has 0 saturated heterocycles. The number of ether oxygens (including phenoxy) is 1. The Morgan fingerprint density at radius 1 is 1.08 bits per heavy atom. The molecule has 0 aliphatic rings. The van der Waals surface area contributed by atoms with Crippen LogP contribution in [0.5, 0.6) is 5.75 Å². The Labute approximate surface area is 152 Å². The molecule has 0 atom stereocenters. The number of anilines is 1. The van der Waals surface area contributed by atoms with Crippen molar-refractivity contribution in [3.05, 3.63) is 65.5 Å². The van der Waals surface area contributed by atoms with Gasteiger partial charge in [0.15, 0.2) is 0 Å². The van der Waals surface area contributed by atoms with Gasteiger partial charge >= 0.3 is 0 Å². The first-order chi connectivity index (χ1) is 12.5. The normalized spacial score (nSPS) is 10.6. The third-order valence-electron chi connectivity index (χ3n) is 3.91. The van der Waals surface area contributed by atoms with Crippen LogP contribution in [-0.4, -0.2) is 27.5 Å². The first-order valence-electron chi connectivity index (χ1n) is 8.50. The van der Waals surface area contributed by atoms with E-state index < -0.39 is 0 Å². The quantitative estimate of drug-likeness (QED) is 0.737. The molecule has 0 saturated carbocycles. The Hall–Kier alpha value is -3.15. The zero-order chi connectivity index (χ0) is 18.5. The second-order valence-electron chi connectivity index (χ2n) is 6.30. The van der Waals surface area contributed by atoms with E-state index in [-0.39, 0.29) is 12.3 Å². The SMILES string of the molecule is Cc1cc(C)cc(OCCC(=O)Nc2ccc(-n3nncc3C)cc2)c1. The second-order valence-corrected chi connectivity index (χ2v) is 6.30. The molecule has 2 aromatic carbocycles. The smallest absolute Gasteiger partial charge is 0.227 e. The van der Waals surface area contributed by atoms with Gasteiger partial charge in [0.1, 0.15) is 5.75 Å². The van der Waals surface area contributed by atoms with E-state index in [1.807, 2.05) is 57.2 Å². The predicted octanol–water partition coefficient (Wildman–Crippen LogP) is 3.60. The second kappa shape index (κ2) is 7.82. The van der Waals surface area contributed by atoms with Gasteiger partial charge in [-0.05, 0) is 68.3 Å². The molecule has 0 bridgehead atoms. The first-order valence-corrected chi connectivity index (χ1v) is 8.50. The molecule has 0 spiro atoms. The Kier molecular flexibility index (Phi) is 5.31. The van der Waals surface area contributed by atoms with E-state index in [4.69, 9.17) is 4.74 Å². The molecule has 3 rings (SSSR count). The van der Waals surface area contributed by atoms with Gasteiger partial charge in [-0.1, -0.05) is 11.3 Å². The van der Waals surface area contributed by atoms with Crippen LogP contribution in [0.1, 0.15) is 23.2 Å². The van der Waals surface area contributed by atoms with Crippen LogP contribution in [0.4, 0.5) is 5.69 Å². The number of nitrogens with one attached hydrogen (secondary N) is 1. The molecule has 6 heteroatoms. The van der Waals surface area contributed by atoms with Crippen molar-refractivity contribution in [3.63, 3.8) is 0 Å². The summed E-state index contributed by atoms with van der Waals surface area (Å²) in [6.07, 6.45) is 1.99. The van der Waals surface area contributed by atoms with Crippen molar-refractivity contribution in [3.8, 4) is 11.4 Å². The van der Waals surface area contributed by atoms with Crippen molar-refractivity contribution in [1.82, 2.24) is 15.0 Å². The van der Waals surface area contributed by atoms with E-state index >= 15 is 0 Å². The number of amides is 1. The lowest BCUT2D eigenvalue weighted by atomic mass is 10.1. The summed E-state index contributed by atoms with van der Waals surface area (Å²) in [5.74, 6) is 0.710. The van der Waals surface area contributed by atoms with Crippen LogP contribution in [0.25, 0.3) is 5.69 Å². The Balaban J connectivity index is 1.51. The van der Waals surface area contributed by atoms with Gasteiger partial charge in [0.2, 0.25) is 5.91 Å². The monoisotopic (exact) mass is 350 g/mol. The van der Waals surface area contributed by atoms with E-state index in [9.17, 15) is 4.79 Å². The predicted molar refractivity (Wildman–Crippen MR) is 101 cm³/mol. The van der Waals surface area contributed by atoms with Crippen LogP contribution in [0.3, 0.4) is 0 Å². The fraction of sp³-hybridized carbons (Fsp3) is 0.250. The average Bonchev–Trinajstić information content (AvgIpc) is 3.01. The maximum atomic E-state index is 12.1. The highest BCUT2D eigenvalue weighted by Crippen LogP contribution is 2.17. The minimum absolute atomic E-state index is 0.0842. The summed E-state index contributed by atoms with van der Waals surface area (Å²) < 4.78 is 7.42. The molecule has 26 heavy (non-hydrogen) atoms. The molecule has 0 fully saturated rings. The number of aromatic nitrogens is 3. The van der Waals surface area contributed by atoms with Gasteiger partial charge in [0, 0.05) is 5.69 Å². The van der Waals surface area contributed by atoms with E-state index in [1.54, 1.807) is 10.9 Å². The third-order valence-corrected chi connectivity index (χ3v) is 3.91. The molecular weight excluding hydrogens is 328 g/mol. The maximum absolute atomic E-state index is 12.1. The molecule has 6 nitrogen and oxygen atoms in total. The van der Waals surface area contributed by atoms with Crippen molar-refractivity contribution in [2.24, 2.45) is 0 Å². The molecule has 0 aliphatic carbocycles. The molecule has 1 N–H and O–H groups in total. The van der Waals surface area contributed by atoms with Gasteiger partial charge in [0.05, 0.1) is 30.6 Å². The molecule has 1 heterocycles. The number of hydrogen-bond acceptors (Lipinski definition) is 4. The van der Waals surface area contributed by atoms with Crippen molar-refractivity contribution >= 4 is 11.6 Å². The summed E-state index contributed by atoms with van der Waals surface area (Å²) in [5.41, 5.74) is 4.88. The van der Waals surface area contributed by atoms with Gasteiger partial charge in [0.25, 0.3) is 0 Å². The highest BCUT2D eigenvalue weighted by molar-refractivity contribution is 5.90. The third kappa shape index (κ3) is 4.47. The molecule has 3 aromatic rings. The van der Waals surface area contributed by atoms with Crippen LogP contribution in [0.2, 0.25) is 0 Å². The zero-order valence-electron chi connectivity index (χ0n) is 15.2. The lowest BCUT2D eigenvalue weighted by Crippen LogP contribution is -2.15. The van der Waals surface area contributed by atoms with Crippen molar-refractivity contribution in [2.75, 3.05) is 11.9 Å². The van der Waals surface area contributed by atoms with Crippen LogP contribution >= 0.6 is 0 Å². The Bertz CT molecular complexity index is 880. The highest BCUT2D eigenvalue weighted by Gasteiger charge is 2.06. The topological polar surface area (TPSA) is 69.0 Å².